The van der Waals surface area contributed by atoms with Gasteiger partial charge in [-0.1, -0.05) is 97.4 Å². The molecular weight excluding hydrogens is 1320 g/mol. The molecule has 3 aromatic rings. The number of aliphatic carboxylic acids is 1. The van der Waals surface area contributed by atoms with Crippen LogP contribution in [0.1, 0.15) is 113 Å². The molecule has 26 N–H and O–H groups in total. The first-order valence-corrected chi connectivity index (χ1v) is 34.4. The molecule has 0 saturated carbocycles. The van der Waals surface area contributed by atoms with E-state index in [2.05, 4.69) is 52.5 Å². The van der Waals surface area contributed by atoms with Gasteiger partial charge in [0.2, 0.25) is 65.0 Å². The van der Waals surface area contributed by atoms with E-state index >= 15 is 0 Å². The van der Waals surface area contributed by atoms with E-state index in [1.807, 2.05) is 0 Å². The van der Waals surface area contributed by atoms with Gasteiger partial charge in [0.15, 0.2) is 11.9 Å². The number of carboxylic acids is 1. The summed E-state index contributed by atoms with van der Waals surface area (Å²) in [4.78, 5) is 179. The summed E-state index contributed by atoms with van der Waals surface area (Å²) in [5.41, 5.74) is 46.8. The third-order valence-electron chi connectivity index (χ3n) is 17.3. The van der Waals surface area contributed by atoms with E-state index in [9.17, 15) is 67.7 Å². The summed E-state index contributed by atoms with van der Waals surface area (Å²) in [6, 6.07) is 10.2. The number of likely N-dealkylation sites (tertiary alicyclic amines) is 2. The Labute approximate surface area is 592 Å². The second-order valence-electron chi connectivity index (χ2n) is 25.2. The summed E-state index contributed by atoms with van der Waals surface area (Å²) in [6.07, 6.45) is 2.30. The van der Waals surface area contributed by atoms with Crippen LogP contribution in [0.25, 0.3) is 0 Å². The number of amides is 11. The molecular formula is C68H102N20O14. The molecule has 34 nitrogen and oxygen atoms in total. The van der Waals surface area contributed by atoms with Gasteiger partial charge in [0.05, 0.1) is 19.1 Å². The molecule has 11 amide bonds. The molecule has 0 spiro atoms. The van der Waals surface area contributed by atoms with Crippen LogP contribution < -0.4 is 88.4 Å². The highest BCUT2D eigenvalue weighted by molar-refractivity contribution is 6.00. The molecule has 2 aliphatic heterocycles. The minimum Gasteiger partial charge on any atom is -0.480 e. The van der Waals surface area contributed by atoms with E-state index in [1.54, 1.807) is 91.0 Å². The Kier molecular flexibility index (Phi) is 35.0. The van der Waals surface area contributed by atoms with E-state index in [0.29, 0.717) is 68.3 Å². The molecule has 558 valence electrons. The minimum absolute atomic E-state index is 0.0233. The van der Waals surface area contributed by atoms with Crippen LogP contribution in [0.5, 0.6) is 0 Å². The Balaban J connectivity index is 1.34. The van der Waals surface area contributed by atoms with E-state index in [1.165, 1.54) is 4.90 Å². The van der Waals surface area contributed by atoms with Gasteiger partial charge < -0.3 is 108 Å². The first-order chi connectivity index (χ1) is 48.8. The summed E-state index contributed by atoms with van der Waals surface area (Å²) in [5.74, 6) is -11.2. The normalized spacial score (nSPS) is 16.7. The van der Waals surface area contributed by atoms with Crippen molar-refractivity contribution in [3.05, 3.63) is 108 Å². The maximum atomic E-state index is 14.7. The van der Waals surface area contributed by atoms with E-state index in [-0.39, 0.29) is 109 Å². The van der Waals surface area contributed by atoms with Crippen molar-refractivity contribution in [2.45, 2.75) is 182 Å². The summed E-state index contributed by atoms with van der Waals surface area (Å²) in [6.45, 7) is -0.211. The number of nitrogens with two attached hydrogens (primary N) is 8. The van der Waals surface area contributed by atoms with Crippen LogP contribution in [0.2, 0.25) is 0 Å². The zero-order chi connectivity index (χ0) is 74.7. The molecule has 0 radical (unpaired) electrons. The number of primary amides is 1. The highest BCUT2D eigenvalue weighted by Gasteiger charge is 2.44. The highest BCUT2D eigenvalue weighted by atomic mass is 16.4. The first kappa shape index (κ1) is 82.3. The van der Waals surface area contributed by atoms with Crippen LogP contribution in [0, 0.1) is 0 Å². The van der Waals surface area contributed by atoms with Gasteiger partial charge in [-0.05, 0) is 113 Å². The van der Waals surface area contributed by atoms with Gasteiger partial charge in [0.25, 0.3) is 0 Å². The number of aliphatic imine (C=N–C) groups is 2. The minimum atomic E-state index is -1.78. The van der Waals surface area contributed by atoms with Crippen LogP contribution in [-0.2, 0) is 76.8 Å². The zero-order valence-corrected chi connectivity index (χ0v) is 57.4. The van der Waals surface area contributed by atoms with Crippen LogP contribution in [-0.4, -0.2) is 215 Å². The third-order valence-corrected chi connectivity index (χ3v) is 17.3. The van der Waals surface area contributed by atoms with Crippen molar-refractivity contribution < 1.29 is 67.7 Å². The number of unbranched alkanes of at least 4 members (excludes halogenated alkanes) is 2. The van der Waals surface area contributed by atoms with Gasteiger partial charge in [-0.2, -0.15) is 0 Å². The Morgan fingerprint density at radius 2 is 0.784 bits per heavy atom. The number of benzene rings is 3. The Morgan fingerprint density at radius 3 is 1.21 bits per heavy atom. The number of guanidine groups is 2. The van der Waals surface area contributed by atoms with Gasteiger partial charge >= 0.3 is 5.97 Å². The van der Waals surface area contributed by atoms with Gasteiger partial charge in [-0.25, -0.2) is 4.79 Å². The number of rotatable bonds is 44. The predicted molar refractivity (Wildman–Crippen MR) is 377 cm³/mol. The molecule has 0 aromatic heterocycles. The molecule has 2 saturated heterocycles. The zero-order valence-electron chi connectivity index (χ0n) is 57.4. The number of carbonyl (C=O) groups excluding carboxylic acids is 11. The van der Waals surface area contributed by atoms with E-state index in [4.69, 9.17) is 45.9 Å². The van der Waals surface area contributed by atoms with Crippen molar-refractivity contribution in [3.8, 4) is 0 Å². The standard InChI is InChI=1S/C68H102N20O14/c69-30-12-10-24-44(71)56(91)79-45(25-11-13-31-70)57(92)80-46(26-14-32-77-67(73)74)64(99)87-34-16-29-54(87)63(98)85-51(39-55(72)90)65(100)88-35-17-28-53(88)62(97)84-50(38-43-22-8-3-9-23-43)60(95)86-52(40-89)61(96)83-49(37-42-20-6-2-7-21-42)59(94)82-48(36-41-18-4-1-5-19-41)58(93)81-47(66(101)102)27-15-33-78-68(75)76/h1-9,18-23,44-54,89H,10-17,24-40,69-71H2,(H2,72,90)(H,79,91)(H,80,92)(H,81,93)(H,82,94)(H,83,96)(H,84,97)(H,85,98)(H,86,95)(H,101,102)(H4,73,74,77)(H4,75,76,78). The maximum Gasteiger partial charge on any atom is 0.326 e. The molecule has 11 unspecified atom stereocenters. The second kappa shape index (κ2) is 43.4. The predicted octanol–water partition coefficient (Wildman–Crippen LogP) is -4.78. The molecule has 34 heteroatoms. The van der Waals surface area contributed by atoms with Crippen molar-refractivity contribution in [1.82, 2.24) is 52.3 Å². The molecule has 11 atom stereocenters. The molecule has 0 aliphatic carbocycles. The summed E-state index contributed by atoms with van der Waals surface area (Å²) < 4.78 is 0. The quantitative estimate of drug-likeness (QED) is 0.0144. The number of nitrogens with zero attached hydrogens (tertiary/aromatic N) is 4. The molecule has 2 aliphatic rings. The number of hydrogen-bond donors (Lipinski definition) is 18. The molecule has 2 heterocycles. The molecule has 3 aromatic carbocycles. The number of hydrogen-bond acceptors (Lipinski definition) is 18. The largest absolute Gasteiger partial charge is 0.480 e. The summed E-state index contributed by atoms with van der Waals surface area (Å²) in [7, 11) is 0. The lowest BCUT2D eigenvalue weighted by Crippen LogP contribution is -2.61. The molecule has 2 fully saturated rings. The average Bonchev–Trinajstić information content (AvgIpc) is 1.57. The van der Waals surface area contributed by atoms with Crippen LogP contribution >= 0.6 is 0 Å². The van der Waals surface area contributed by atoms with E-state index in [0.717, 1.165) is 4.90 Å². The van der Waals surface area contributed by atoms with Crippen molar-refractivity contribution in [2.75, 3.05) is 45.9 Å². The lowest BCUT2D eigenvalue weighted by molar-refractivity contribution is -0.145. The highest BCUT2D eigenvalue weighted by Crippen LogP contribution is 2.24. The van der Waals surface area contributed by atoms with Crippen molar-refractivity contribution in [2.24, 2.45) is 55.9 Å². The van der Waals surface area contributed by atoms with E-state index < -0.39 is 150 Å². The molecule has 0 bridgehead atoms. The number of aliphatic hydroxyl groups excluding tert-OH is 1. The fourth-order valence-electron chi connectivity index (χ4n) is 11.9. The Morgan fingerprint density at radius 1 is 0.431 bits per heavy atom. The first-order valence-electron chi connectivity index (χ1n) is 34.4. The van der Waals surface area contributed by atoms with Crippen LogP contribution in [0.15, 0.2) is 101 Å². The monoisotopic (exact) mass is 1420 g/mol. The number of carbonyl (C=O) groups is 12. The molecule has 102 heavy (non-hydrogen) atoms. The Bertz CT molecular complexity index is 3330. The fourth-order valence-corrected chi connectivity index (χ4v) is 11.9. The number of nitrogens with one attached hydrogen (secondary N) is 8. The number of carboxylic acid groups (broad SMARTS) is 1. The smallest absolute Gasteiger partial charge is 0.326 e. The lowest BCUT2D eigenvalue weighted by Gasteiger charge is -2.32. The summed E-state index contributed by atoms with van der Waals surface area (Å²) >= 11 is 0. The SMILES string of the molecule is NCCCCC(N)C(=O)NC(CCCCN)C(=O)NC(CCCN=C(N)N)C(=O)N1CCCC1C(=O)NC(CC(N)=O)C(=O)N1CCCC1C(=O)NC(Cc1ccccc1)C(=O)NC(CO)C(=O)NC(Cc1ccccc1)C(=O)NC(Cc1ccccc1)C(=O)NC(CCCN=C(N)N)C(=O)O. The van der Waals surface area contributed by atoms with Crippen molar-refractivity contribution in [1.29, 1.82) is 0 Å². The summed E-state index contributed by atoms with van der Waals surface area (Å²) in [5, 5.41) is 41.8. The average molecular weight is 1420 g/mol. The van der Waals surface area contributed by atoms with Crippen LogP contribution in [0.4, 0.5) is 0 Å². The fraction of sp³-hybridized carbons (Fsp3) is 0.529. The van der Waals surface area contributed by atoms with Gasteiger partial charge in [0, 0.05) is 45.4 Å². The van der Waals surface area contributed by atoms with Gasteiger partial charge in [0.1, 0.15) is 60.4 Å². The number of aliphatic hydroxyl groups is 1. The van der Waals surface area contributed by atoms with Crippen molar-refractivity contribution >= 4 is 82.9 Å². The lowest BCUT2D eigenvalue weighted by atomic mass is 10.0. The maximum absolute atomic E-state index is 14.7. The Hall–Kier alpha value is -10.3. The van der Waals surface area contributed by atoms with Gasteiger partial charge in [-0.15, -0.1) is 0 Å². The topological polar surface area (TPSA) is 581 Å². The third kappa shape index (κ3) is 27.7. The van der Waals surface area contributed by atoms with Crippen molar-refractivity contribution in [3.63, 3.8) is 0 Å². The van der Waals surface area contributed by atoms with Crippen LogP contribution in [0.3, 0.4) is 0 Å². The second-order valence-corrected chi connectivity index (χ2v) is 25.2. The molecule has 5 rings (SSSR count). The van der Waals surface area contributed by atoms with Gasteiger partial charge in [-0.3, -0.25) is 62.7 Å².